The Hall–Kier alpha value is -1.82. The Morgan fingerprint density at radius 1 is 1.32 bits per heavy atom. The molecule has 1 aromatic carbocycles. The van der Waals surface area contributed by atoms with Crippen molar-refractivity contribution >= 4 is 5.96 Å². The third-order valence-electron chi connectivity index (χ3n) is 2.94. The van der Waals surface area contributed by atoms with Crippen molar-refractivity contribution in [2.45, 2.75) is 26.9 Å². The monoisotopic (exact) mass is 311 g/mol. The molecule has 0 aliphatic carbocycles. The van der Waals surface area contributed by atoms with Gasteiger partial charge in [0.15, 0.2) is 17.5 Å². The van der Waals surface area contributed by atoms with E-state index in [1.807, 2.05) is 20.8 Å². The summed E-state index contributed by atoms with van der Waals surface area (Å²) >= 11 is 0. The number of aliphatic hydroxyl groups is 1. The number of para-hydroxylation sites is 1. The molecule has 0 fully saturated rings. The molecule has 0 saturated carbocycles. The van der Waals surface area contributed by atoms with Gasteiger partial charge < -0.3 is 20.5 Å². The first-order chi connectivity index (χ1) is 10.6. The molecule has 22 heavy (non-hydrogen) atoms. The van der Waals surface area contributed by atoms with Gasteiger partial charge in [0, 0.05) is 19.7 Å². The molecule has 0 heterocycles. The Labute approximate surface area is 131 Å². The zero-order chi connectivity index (χ0) is 16.4. The van der Waals surface area contributed by atoms with E-state index < -0.39 is 0 Å². The SMILES string of the molecule is CCNC(=NCC(C)CO)NCC(C)Oc1ccccc1F. The fraction of sp³-hybridized carbons (Fsp3) is 0.562. The molecule has 2 unspecified atom stereocenters. The summed E-state index contributed by atoms with van der Waals surface area (Å²) in [4.78, 5) is 4.39. The third kappa shape index (κ3) is 6.76. The Balaban J connectivity index is 2.48. The lowest BCUT2D eigenvalue weighted by atomic mass is 10.2. The third-order valence-corrected chi connectivity index (χ3v) is 2.94. The van der Waals surface area contributed by atoms with Crippen molar-refractivity contribution in [1.82, 2.24) is 10.6 Å². The molecule has 3 N–H and O–H groups in total. The molecule has 0 radical (unpaired) electrons. The van der Waals surface area contributed by atoms with Gasteiger partial charge >= 0.3 is 0 Å². The van der Waals surface area contributed by atoms with Gasteiger partial charge in [-0.25, -0.2) is 4.39 Å². The number of halogens is 1. The topological polar surface area (TPSA) is 65.9 Å². The second-order valence-corrected chi connectivity index (χ2v) is 5.25. The summed E-state index contributed by atoms with van der Waals surface area (Å²) in [5.74, 6) is 0.647. The van der Waals surface area contributed by atoms with E-state index in [-0.39, 0.29) is 30.2 Å². The van der Waals surface area contributed by atoms with Gasteiger partial charge in [-0.2, -0.15) is 0 Å². The quantitative estimate of drug-likeness (QED) is 0.506. The Morgan fingerprint density at radius 2 is 2.05 bits per heavy atom. The Morgan fingerprint density at radius 3 is 2.68 bits per heavy atom. The first kappa shape index (κ1) is 18.2. The summed E-state index contributed by atoms with van der Waals surface area (Å²) in [6, 6.07) is 6.34. The highest BCUT2D eigenvalue weighted by Gasteiger charge is 2.09. The van der Waals surface area contributed by atoms with E-state index in [9.17, 15) is 4.39 Å². The minimum atomic E-state index is -0.369. The van der Waals surface area contributed by atoms with E-state index in [4.69, 9.17) is 9.84 Å². The van der Waals surface area contributed by atoms with Crippen LogP contribution >= 0.6 is 0 Å². The van der Waals surface area contributed by atoms with E-state index in [2.05, 4.69) is 15.6 Å². The van der Waals surface area contributed by atoms with Crippen molar-refractivity contribution in [3.63, 3.8) is 0 Å². The second kappa shape index (κ2) is 10.00. The molecule has 6 heteroatoms. The van der Waals surface area contributed by atoms with E-state index in [1.54, 1.807) is 18.2 Å². The Bertz CT molecular complexity index is 468. The summed E-state index contributed by atoms with van der Waals surface area (Å²) in [6.45, 7) is 7.64. The lowest BCUT2D eigenvalue weighted by Crippen LogP contribution is -2.42. The van der Waals surface area contributed by atoms with E-state index >= 15 is 0 Å². The molecule has 124 valence electrons. The number of hydrogen-bond donors (Lipinski definition) is 3. The number of aliphatic hydroxyl groups excluding tert-OH is 1. The smallest absolute Gasteiger partial charge is 0.191 e. The van der Waals surface area contributed by atoms with Crippen LogP contribution in [0.15, 0.2) is 29.3 Å². The van der Waals surface area contributed by atoms with Gasteiger partial charge in [0.25, 0.3) is 0 Å². The highest BCUT2D eigenvalue weighted by Crippen LogP contribution is 2.16. The zero-order valence-electron chi connectivity index (χ0n) is 13.5. The zero-order valence-corrected chi connectivity index (χ0v) is 13.5. The van der Waals surface area contributed by atoms with Gasteiger partial charge in [0.2, 0.25) is 0 Å². The van der Waals surface area contributed by atoms with Crippen LogP contribution in [-0.2, 0) is 0 Å². The maximum Gasteiger partial charge on any atom is 0.191 e. The largest absolute Gasteiger partial charge is 0.486 e. The average molecular weight is 311 g/mol. The van der Waals surface area contributed by atoms with Crippen molar-refractivity contribution in [2.75, 3.05) is 26.2 Å². The van der Waals surface area contributed by atoms with Crippen LogP contribution in [0.4, 0.5) is 4.39 Å². The molecule has 1 aromatic rings. The van der Waals surface area contributed by atoms with Gasteiger partial charge in [0.05, 0.1) is 6.54 Å². The molecule has 0 saturated heterocycles. The lowest BCUT2D eigenvalue weighted by Gasteiger charge is -2.18. The molecular weight excluding hydrogens is 285 g/mol. The molecule has 0 aromatic heterocycles. The standard InChI is InChI=1S/C16H26FN3O2/c1-4-18-16(19-9-12(2)11-21)20-10-13(3)22-15-8-6-5-7-14(15)17/h5-8,12-13,21H,4,9-11H2,1-3H3,(H2,18,19,20). The minimum Gasteiger partial charge on any atom is -0.486 e. The van der Waals surface area contributed by atoms with Crippen LogP contribution in [0.25, 0.3) is 0 Å². The van der Waals surface area contributed by atoms with Gasteiger partial charge in [-0.15, -0.1) is 0 Å². The fourth-order valence-corrected chi connectivity index (χ4v) is 1.69. The van der Waals surface area contributed by atoms with Crippen LogP contribution in [0.1, 0.15) is 20.8 Å². The van der Waals surface area contributed by atoms with Crippen molar-refractivity contribution < 1.29 is 14.2 Å². The van der Waals surface area contributed by atoms with Crippen LogP contribution in [0.3, 0.4) is 0 Å². The number of rotatable bonds is 8. The molecule has 2 atom stereocenters. The molecule has 0 aliphatic heterocycles. The molecule has 0 aliphatic rings. The number of ether oxygens (including phenoxy) is 1. The second-order valence-electron chi connectivity index (χ2n) is 5.25. The molecule has 0 bridgehead atoms. The van der Waals surface area contributed by atoms with E-state index in [0.29, 0.717) is 19.0 Å². The molecule has 0 amide bonds. The van der Waals surface area contributed by atoms with Crippen LogP contribution < -0.4 is 15.4 Å². The summed E-state index contributed by atoms with van der Waals surface area (Å²) in [6.07, 6.45) is -0.212. The molecule has 1 rings (SSSR count). The fourth-order valence-electron chi connectivity index (χ4n) is 1.69. The molecular formula is C16H26FN3O2. The number of nitrogens with one attached hydrogen (secondary N) is 2. The summed E-state index contributed by atoms with van der Waals surface area (Å²) in [7, 11) is 0. The number of aliphatic imine (C=N–C) groups is 1. The number of benzene rings is 1. The van der Waals surface area contributed by atoms with Crippen molar-refractivity contribution in [3.8, 4) is 5.75 Å². The highest BCUT2D eigenvalue weighted by atomic mass is 19.1. The van der Waals surface area contributed by atoms with Crippen molar-refractivity contribution in [3.05, 3.63) is 30.1 Å². The average Bonchev–Trinajstić information content (AvgIpc) is 2.52. The maximum atomic E-state index is 13.5. The van der Waals surface area contributed by atoms with Gasteiger partial charge in [-0.05, 0) is 31.9 Å². The number of guanidine groups is 1. The lowest BCUT2D eigenvalue weighted by molar-refractivity contribution is 0.214. The van der Waals surface area contributed by atoms with Crippen LogP contribution in [-0.4, -0.2) is 43.4 Å². The van der Waals surface area contributed by atoms with Crippen molar-refractivity contribution in [2.24, 2.45) is 10.9 Å². The summed E-state index contributed by atoms with van der Waals surface area (Å²) in [5.41, 5.74) is 0. The van der Waals surface area contributed by atoms with E-state index in [0.717, 1.165) is 6.54 Å². The van der Waals surface area contributed by atoms with Crippen LogP contribution in [0.5, 0.6) is 5.75 Å². The number of nitrogens with zero attached hydrogens (tertiary/aromatic N) is 1. The predicted octanol–water partition coefficient (Wildman–Crippen LogP) is 1.78. The summed E-state index contributed by atoms with van der Waals surface area (Å²) < 4.78 is 19.1. The van der Waals surface area contributed by atoms with Crippen LogP contribution in [0.2, 0.25) is 0 Å². The normalized spacial score (nSPS) is 14.3. The Kier molecular flexibility index (Phi) is 8.28. The van der Waals surface area contributed by atoms with Crippen molar-refractivity contribution in [1.29, 1.82) is 0 Å². The van der Waals surface area contributed by atoms with Gasteiger partial charge in [-0.3, -0.25) is 4.99 Å². The first-order valence-corrected chi connectivity index (χ1v) is 7.61. The minimum absolute atomic E-state index is 0.107. The van der Waals surface area contributed by atoms with Gasteiger partial charge in [-0.1, -0.05) is 19.1 Å². The predicted molar refractivity (Wildman–Crippen MR) is 86.7 cm³/mol. The number of hydrogen-bond acceptors (Lipinski definition) is 3. The van der Waals surface area contributed by atoms with Crippen LogP contribution in [0, 0.1) is 11.7 Å². The van der Waals surface area contributed by atoms with Gasteiger partial charge in [0.1, 0.15) is 6.10 Å². The molecule has 5 nitrogen and oxygen atoms in total. The maximum absolute atomic E-state index is 13.5. The first-order valence-electron chi connectivity index (χ1n) is 7.61. The molecule has 0 spiro atoms. The van der Waals surface area contributed by atoms with E-state index in [1.165, 1.54) is 6.07 Å². The highest BCUT2D eigenvalue weighted by molar-refractivity contribution is 5.79. The summed E-state index contributed by atoms with van der Waals surface area (Å²) in [5, 5.41) is 15.3.